The Kier molecular flexibility index (Phi) is 152. The molecule has 0 aliphatic heterocycles. The van der Waals surface area contributed by atoms with Crippen molar-refractivity contribution >= 4 is 34.4 Å². The Labute approximate surface area is 933 Å². The number of hydrogen-bond donors (Lipinski definition) is 0. The van der Waals surface area contributed by atoms with Gasteiger partial charge in [-0.15, -0.1) is 0 Å². The number of nitrogens with zero attached hydrogens (tertiary/aromatic N) is 1. The normalized spacial score (nSPS) is 7.57. The molecule has 0 saturated heterocycles. The zero-order valence-electron chi connectivity index (χ0n) is 64.6. The van der Waals surface area contributed by atoms with Gasteiger partial charge in [0.2, 0.25) is 0 Å². The second-order valence-electron chi connectivity index (χ2n) is 17.5. The van der Waals surface area contributed by atoms with Crippen LogP contribution in [0.3, 0.4) is 0 Å². The Hall–Kier alpha value is 5.78. The van der Waals surface area contributed by atoms with E-state index in [1.807, 2.05) is 125 Å². The largest absolute Gasteiger partial charge is 0.309 e. The Morgan fingerprint density at radius 3 is 0.495 bits per heavy atom. The van der Waals surface area contributed by atoms with Crippen molar-refractivity contribution in [3.63, 3.8) is 0 Å². The third-order valence-electron chi connectivity index (χ3n) is 12.9. The van der Waals surface area contributed by atoms with Gasteiger partial charge >= 0.3 is 0 Å². The maximum absolute atomic E-state index is 2.47. The number of benzene rings is 10. The van der Waals surface area contributed by atoms with Gasteiger partial charge in [-0.25, -0.2) is 0 Å². The fourth-order valence-electron chi connectivity index (χ4n) is 9.92. The van der Waals surface area contributed by atoms with E-state index < -0.39 is 0 Å². The average Bonchev–Trinajstić information content (AvgIpc) is 0.722. The summed E-state index contributed by atoms with van der Waals surface area (Å²) in [7, 11) is 0. The summed E-state index contributed by atoms with van der Waals surface area (Å²) >= 11 is 0. The van der Waals surface area contributed by atoms with E-state index in [4.69, 9.17) is 0 Å². The topological polar surface area (TPSA) is 3.24 Å². The number of anilines is 3. The van der Waals surface area contributed by atoms with E-state index in [0.717, 1.165) is 0 Å². The van der Waals surface area contributed by atoms with Crippen molar-refractivity contribution in [1.82, 2.24) is 0 Å². The molecule has 0 bridgehead atoms. The smallest absolute Gasteiger partial charge is 0.0520 e. The van der Waals surface area contributed by atoms with E-state index in [2.05, 4.69) is 283 Å². The van der Waals surface area contributed by atoms with Crippen molar-refractivity contribution in [3.05, 3.63) is 270 Å². The van der Waals surface area contributed by atoms with Gasteiger partial charge in [-0.05, 0) is 142 Å². The van der Waals surface area contributed by atoms with Crippen LogP contribution >= 0.6 is 0 Å². The standard InChI is InChI=1S/C42H30.C24H27N.9C2H6.Al.Au.Cd.Cu.Dy.Eu.Fe.Ir.Ni.Os.Pd.Pt.Re.Rh.Ru.Sm.W.Zn/c1-7-19-31(20-8-1)37-38(32-21-9-2-10-22-32)40(34-25-13-4-14-26-34)42(36-29-17-6-18-30-36)41(35-27-15-5-16-28-35)39(37)33-23-11-3-12-24-33;1-16-10-7-11-17(2)22(16)25(23-18(3)12-8-13-19(23)4)24-20(5)14-9-15-21(24)6;9*1-2;;;;;;;;;;;;;;;;;;/h1-30H;7-15H,1-6H3;9*1-2H3;;;;;;;;;;;;;;;;;;. The summed E-state index contributed by atoms with van der Waals surface area (Å²) < 4.78 is 0. The maximum Gasteiger partial charge on any atom is 0.0520 e. The van der Waals surface area contributed by atoms with Gasteiger partial charge in [-0.2, -0.15) is 0 Å². The van der Waals surface area contributed by atoms with E-state index in [0.29, 0.717) is 0 Å². The number of para-hydroxylation sites is 3. The summed E-state index contributed by atoms with van der Waals surface area (Å²) in [6.07, 6.45) is 0. The van der Waals surface area contributed by atoms with Gasteiger partial charge in [0.15, 0.2) is 0 Å². The number of aryl methyl sites for hydroxylation is 6. The van der Waals surface area contributed by atoms with Gasteiger partial charge in [0, 0.05) is 427 Å². The molecular formula is C84H111AlAuCdCuDyEuFeIrNNiOsPdPtReRhRuSmWZn. The monoisotopic (exact) mass is 3440 g/mol. The van der Waals surface area contributed by atoms with Crippen LogP contribution in [0.5, 0.6) is 0 Å². The molecule has 0 atom stereocenters. The Balaban J connectivity index is -0.0000000604. The van der Waals surface area contributed by atoms with Gasteiger partial charge in [-0.3, -0.25) is 0 Å². The molecule has 0 amide bonds. The van der Waals surface area contributed by atoms with Crippen LogP contribution in [0.4, 0.5) is 17.1 Å². The number of hydrogen-bond acceptors (Lipinski definition) is 1. The minimum atomic E-state index is 0. The molecule has 0 aliphatic carbocycles. The van der Waals surface area contributed by atoms with Gasteiger partial charge < -0.3 is 4.90 Å². The molecule has 0 heterocycles. The quantitative estimate of drug-likeness (QED) is 0.130. The summed E-state index contributed by atoms with van der Waals surface area (Å²) in [5.41, 5.74) is 26.3. The van der Waals surface area contributed by atoms with E-state index in [1.54, 1.807) is 0 Å². The molecule has 0 saturated carbocycles. The molecule has 0 fully saturated rings. The zero-order valence-corrected chi connectivity index (χ0v) is 103. The van der Waals surface area contributed by atoms with Crippen molar-refractivity contribution in [3.8, 4) is 66.8 Å². The molecule has 0 N–H and O–H groups in total. The minimum Gasteiger partial charge on any atom is -0.309 e. The van der Waals surface area contributed by atoms with Crippen molar-refractivity contribution in [1.29, 1.82) is 0 Å². The minimum absolute atomic E-state index is 0. The molecule has 10 rings (SSSR count). The second-order valence-corrected chi connectivity index (χ2v) is 17.5. The van der Waals surface area contributed by atoms with Gasteiger partial charge in [0.1, 0.15) is 0 Å². The van der Waals surface area contributed by atoms with Crippen LogP contribution in [-0.2, 0) is 282 Å². The summed E-state index contributed by atoms with van der Waals surface area (Å²) in [5, 5.41) is 0. The molecular weight excluding hydrogens is 3330 g/mol. The molecule has 19 heteroatoms. The Morgan fingerprint density at radius 1 is 0.301 bits per heavy atom. The molecule has 1 nitrogen and oxygen atoms in total. The zero-order chi connectivity index (χ0) is 64.3. The van der Waals surface area contributed by atoms with Crippen LogP contribution in [0.25, 0.3) is 66.8 Å². The first-order valence-electron chi connectivity index (χ1n) is 32.4. The fourth-order valence-corrected chi connectivity index (χ4v) is 9.92. The van der Waals surface area contributed by atoms with E-state index in [9.17, 15) is 0 Å². The first-order valence-corrected chi connectivity index (χ1v) is 32.4. The predicted molar refractivity (Wildman–Crippen MR) is 396 cm³/mol. The third kappa shape index (κ3) is 49.7. The Bertz CT molecular complexity index is 2810. The molecule has 103 heavy (non-hydrogen) atoms. The summed E-state index contributed by atoms with van der Waals surface area (Å²) in [4.78, 5) is 2.47. The van der Waals surface area contributed by atoms with Gasteiger partial charge in [0.25, 0.3) is 0 Å². The van der Waals surface area contributed by atoms with Crippen LogP contribution in [-0.4, -0.2) is 17.4 Å². The predicted octanol–water partition coefficient (Wildman–Crippen LogP) is 27.5. The van der Waals surface area contributed by atoms with Crippen molar-refractivity contribution in [2.45, 2.75) is 166 Å². The van der Waals surface area contributed by atoms with E-state index >= 15 is 0 Å². The van der Waals surface area contributed by atoms with Crippen LogP contribution in [0.2, 0.25) is 0 Å². The SMILES string of the molecule is CC.CC.CC.CC.CC.CC.CC.CC.CC.Cc1cccc(C)c1N(c1c(C)cccc1C)c1c(C)cccc1C.[Al].[Au].[Cd].[Cu].[Dy].[Eu].[Fe].[Ir].[Ni].[Os].[Pd].[Pt].[Re].[Rh].[Ru].[Sm].[W].[Zn].c1ccc(-c2c(-c3ccccc3)c(-c3ccccc3)c(-c3ccccc3)c(-c3ccccc3)c2-c2ccccc2)cc1. The summed E-state index contributed by atoms with van der Waals surface area (Å²) in [6.45, 7) is 49.2. The first kappa shape index (κ1) is 157. The maximum atomic E-state index is 2.47. The third-order valence-corrected chi connectivity index (χ3v) is 12.9. The summed E-state index contributed by atoms with van der Waals surface area (Å²) in [6, 6.07) is 85.0. The molecule has 0 spiro atoms. The second kappa shape index (κ2) is 100. The first-order chi connectivity index (χ1) is 41.8. The molecule has 0 unspecified atom stereocenters. The molecule has 10 aromatic carbocycles. The van der Waals surface area contributed by atoms with Crippen molar-refractivity contribution in [2.24, 2.45) is 0 Å². The average molecular weight is 3440 g/mol. The van der Waals surface area contributed by atoms with Crippen LogP contribution in [0.15, 0.2) is 237 Å². The molecule has 9 radical (unpaired) electrons. The van der Waals surface area contributed by atoms with E-state index in [-0.39, 0.29) is 427 Å². The van der Waals surface area contributed by atoms with E-state index in [1.165, 1.54) is 117 Å². The van der Waals surface area contributed by atoms with Crippen molar-refractivity contribution in [2.75, 3.05) is 4.90 Å². The molecule has 0 aliphatic rings. The van der Waals surface area contributed by atoms with Gasteiger partial charge in [-0.1, -0.05) is 361 Å². The fraction of sp³-hybridized carbons (Fsp3) is 0.286. The van der Waals surface area contributed by atoms with Crippen LogP contribution in [0.1, 0.15) is 158 Å². The molecule has 589 valence electrons. The van der Waals surface area contributed by atoms with Crippen molar-refractivity contribution < 1.29 is 410 Å². The Morgan fingerprint density at radius 2 is 0.398 bits per heavy atom. The molecule has 10 aromatic rings. The number of rotatable bonds is 9. The van der Waals surface area contributed by atoms with Crippen LogP contribution in [0, 0.1) is 169 Å². The van der Waals surface area contributed by atoms with Crippen LogP contribution < -0.4 is 4.90 Å². The summed E-state index contributed by atoms with van der Waals surface area (Å²) in [5.74, 6) is 0. The van der Waals surface area contributed by atoms with Gasteiger partial charge in [0.05, 0.1) is 17.1 Å². The molecule has 0 aromatic heterocycles.